The van der Waals surface area contributed by atoms with Crippen molar-refractivity contribution >= 4 is 18.2 Å². The number of benzene rings is 1. The van der Waals surface area contributed by atoms with E-state index in [0.29, 0.717) is 30.2 Å². The highest BCUT2D eigenvalue weighted by atomic mass is 16.6. The summed E-state index contributed by atoms with van der Waals surface area (Å²) in [5.41, 5.74) is -0.693. The number of hydrogen-bond acceptors (Lipinski definition) is 8. The summed E-state index contributed by atoms with van der Waals surface area (Å²) in [6.45, 7) is 12.6. The second-order valence-corrected chi connectivity index (χ2v) is 12.3. The predicted octanol–water partition coefficient (Wildman–Crippen LogP) is 7.18. The van der Waals surface area contributed by atoms with Gasteiger partial charge in [-0.15, -0.1) is 0 Å². The molecule has 0 bridgehead atoms. The maximum absolute atomic E-state index is 12.1. The molecule has 0 fully saturated rings. The Balaban J connectivity index is 2.20. The highest BCUT2D eigenvalue weighted by Crippen LogP contribution is 2.24. The van der Waals surface area contributed by atoms with Gasteiger partial charge >= 0.3 is 18.2 Å². The summed E-state index contributed by atoms with van der Waals surface area (Å²) in [7, 11) is 1.33. The average Bonchev–Trinajstić information content (AvgIpc) is 2.88. The van der Waals surface area contributed by atoms with E-state index in [-0.39, 0.29) is 19.2 Å². The lowest BCUT2D eigenvalue weighted by molar-refractivity contribution is 0.0511. The Bertz CT molecular complexity index is 937. The Morgan fingerprint density at radius 1 is 0.595 bits per heavy atom. The van der Waals surface area contributed by atoms with Crippen LogP contribution < -0.4 is 20.1 Å². The van der Waals surface area contributed by atoms with Crippen LogP contribution in [-0.2, 0) is 14.2 Å². The number of rotatable bonds is 19. The molecule has 42 heavy (non-hydrogen) atoms. The van der Waals surface area contributed by atoms with Crippen LogP contribution in [0.2, 0.25) is 0 Å². The van der Waals surface area contributed by atoms with Crippen molar-refractivity contribution in [1.29, 1.82) is 0 Å². The van der Waals surface area contributed by atoms with Gasteiger partial charge in [0, 0.05) is 12.6 Å². The van der Waals surface area contributed by atoms with E-state index in [1.807, 2.05) is 20.8 Å². The third-order valence-corrected chi connectivity index (χ3v) is 5.85. The average molecular weight is 595 g/mol. The number of methoxy groups -OCH3 is 1. The first-order chi connectivity index (χ1) is 19.8. The first kappa shape index (κ1) is 36.9. The van der Waals surface area contributed by atoms with Crippen molar-refractivity contribution in [1.82, 2.24) is 10.6 Å². The van der Waals surface area contributed by atoms with Crippen LogP contribution in [0.5, 0.6) is 11.5 Å². The van der Waals surface area contributed by atoms with Crippen LogP contribution in [0.3, 0.4) is 0 Å². The van der Waals surface area contributed by atoms with E-state index in [1.54, 1.807) is 39.0 Å². The lowest BCUT2D eigenvalue weighted by Gasteiger charge is -2.19. The second kappa shape index (κ2) is 19.9. The molecule has 0 aliphatic heterocycles. The highest BCUT2D eigenvalue weighted by Gasteiger charge is 2.16. The number of carbonyl (C=O) groups excluding carboxylic acids is 3. The molecular weight excluding hydrogens is 540 g/mol. The molecule has 2 N–H and O–H groups in total. The van der Waals surface area contributed by atoms with Gasteiger partial charge in [0.2, 0.25) is 0 Å². The molecule has 1 aromatic rings. The number of unbranched alkanes of at least 4 members (excludes halogenated alkanes) is 9. The molecular formula is C32H54N2O8. The Hall–Kier alpha value is -3.17. The Kier molecular flexibility index (Phi) is 17.4. The first-order valence-corrected chi connectivity index (χ1v) is 15.2. The standard InChI is InChI=1S/C32H54N2O8/c1-31(2,3)41-29(36)33-18-16-14-12-10-8-9-11-13-15-17-20-39-26-22-25(28(35)38-7)23-27(24-26)40-21-19-34-30(37)42-32(4,5)6/h22-24H,8-21H2,1-7H3,(H,33,36)(H,34,37). The molecule has 0 saturated heterocycles. The van der Waals surface area contributed by atoms with E-state index >= 15 is 0 Å². The quantitative estimate of drug-likeness (QED) is 0.0981. The molecule has 0 heterocycles. The number of amides is 2. The maximum atomic E-state index is 12.1. The Morgan fingerprint density at radius 3 is 1.50 bits per heavy atom. The number of ether oxygens (including phenoxy) is 5. The largest absolute Gasteiger partial charge is 0.493 e. The monoisotopic (exact) mass is 594 g/mol. The van der Waals surface area contributed by atoms with E-state index in [1.165, 1.54) is 39.2 Å². The van der Waals surface area contributed by atoms with Gasteiger partial charge in [0.25, 0.3) is 0 Å². The van der Waals surface area contributed by atoms with E-state index in [0.717, 1.165) is 32.1 Å². The van der Waals surface area contributed by atoms with Crippen LogP contribution in [-0.4, -0.2) is 62.8 Å². The molecule has 0 aliphatic rings. The van der Waals surface area contributed by atoms with Gasteiger partial charge in [0.05, 0.1) is 25.8 Å². The third-order valence-electron chi connectivity index (χ3n) is 5.85. The minimum Gasteiger partial charge on any atom is -0.493 e. The molecule has 10 heteroatoms. The van der Waals surface area contributed by atoms with Crippen LogP contribution in [0.4, 0.5) is 9.59 Å². The molecule has 0 saturated carbocycles. The number of hydrogen-bond donors (Lipinski definition) is 2. The third kappa shape index (κ3) is 19.8. The van der Waals surface area contributed by atoms with Gasteiger partial charge in [-0.1, -0.05) is 51.4 Å². The lowest BCUT2D eigenvalue weighted by atomic mass is 10.1. The normalized spacial score (nSPS) is 11.4. The van der Waals surface area contributed by atoms with Gasteiger partial charge < -0.3 is 34.3 Å². The molecule has 0 radical (unpaired) electrons. The van der Waals surface area contributed by atoms with Gasteiger partial charge in [0.1, 0.15) is 29.3 Å². The summed E-state index contributed by atoms with van der Waals surface area (Å²) in [5, 5.41) is 5.44. The van der Waals surface area contributed by atoms with Gasteiger partial charge in [-0.05, 0) is 66.5 Å². The molecule has 0 aliphatic carbocycles. The SMILES string of the molecule is COC(=O)c1cc(OCCCCCCCCCCCCNC(=O)OC(C)(C)C)cc(OCCNC(=O)OC(C)(C)C)c1. The summed E-state index contributed by atoms with van der Waals surface area (Å²) in [5.74, 6) is 0.516. The van der Waals surface area contributed by atoms with Crippen LogP contribution in [0.15, 0.2) is 18.2 Å². The summed E-state index contributed by atoms with van der Waals surface area (Å²) >= 11 is 0. The van der Waals surface area contributed by atoms with Crippen LogP contribution in [0.25, 0.3) is 0 Å². The maximum Gasteiger partial charge on any atom is 0.407 e. The van der Waals surface area contributed by atoms with Gasteiger partial charge in [0.15, 0.2) is 0 Å². The summed E-state index contributed by atoms with van der Waals surface area (Å²) in [6.07, 6.45) is 10.4. The van der Waals surface area contributed by atoms with E-state index in [2.05, 4.69) is 10.6 Å². The van der Waals surface area contributed by atoms with E-state index in [4.69, 9.17) is 23.7 Å². The molecule has 0 atom stereocenters. The fourth-order valence-electron chi connectivity index (χ4n) is 3.95. The highest BCUT2D eigenvalue weighted by molar-refractivity contribution is 5.90. The first-order valence-electron chi connectivity index (χ1n) is 15.2. The minimum atomic E-state index is -0.572. The molecule has 2 amide bonds. The molecule has 0 aromatic heterocycles. The zero-order chi connectivity index (χ0) is 31.4. The Morgan fingerprint density at radius 2 is 1.02 bits per heavy atom. The fourth-order valence-corrected chi connectivity index (χ4v) is 3.95. The zero-order valence-corrected chi connectivity index (χ0v) is 26.9. The van der Waals surface area contributed by atoms with Crippen LogP contribution >= 0.6 is 0 Å². The summed E-state index contributed by atoms with van der Waals surface area (Å²) in [6, 6.07) is 4.96. The van der Waals surface area contributed by atoms with Crippen LogP contribution in [0, 0.1) is 0 Å². The number of nitrogens with one attached hydrogen (secondary N) is 2. The smallest absolute Gasteiger partial charge is 0.407 e. The topological polar surface area (TPSA) is 121 Å². The van der Waals surface area contributed by atoms with Crippen molar-refractivity contribution in [2.45, 2.75) is 117 Å². The predicted molar refractivity (Wildman–Crippen MR) is 163 cm³/mol. The van der Waals surface area contributed by atoms with Gasteiger partial charge in [-0.3, -0.25) is 0 Å². The van der Waals surface area contributed by atoms with Crippen LogP contribution in [0.1, 0.15) is 116 Å². The zero-order valence-electron chi connectivity index (χ0n) is 26.9. The molecule has 10 nitrogen and oxygen atoms in total. The summed E-state index contributed by atoms with van der Waals surface area (Å²) < 4.78 is 26.9. The molecule has 240 valence electrons. The van der Waals surface area contributed by atoms with E-state index < -0.39 is 23.3 Å². The molecule has 1 aromatic carbocycles. The summed E-state index contributed by atoms with van der Waals surface area (Å²) in [4.78, 5) is 35.5. The second-order valence-electron chi connectivity index (χ2n) is 12.3. The van der Waals surface area contributed by atoms with Gasteiger partial charge in [-0.25, -0.2) is 14.4 Å². The van der Waals surface area contributed by atoms with Gasteiger partial charge in [-0.2, -0.15) is 0 Å². The van der Waals surface area contributed by atoms with Crippen molar-refractivity contribution in [2.24, 2.45) is 0 Å². The van der Waals surface area contributed by atoms with Crippen molar-refractivity contribution in [3.63, 3.8) is 0 Å². The fraction of sp³-hybridized carbons (Fsp3) is 0.719. The lowest BCUT2D eigenvalue weighted by Crippen LogP contribution is -2.34. The molecule has 0 unspecified atom stereocenters. The number of carbonyl (C=O) groups is 3. The van der Waals surface area contributed by atoms with Crippen molar-refractivity contribution in [3.8, 4) is 11.5 Å². The Labute approximate surface area is 252 Å². The van der Waals surface area contributed by atoms with Crippen molar-refractivity contribution in [2.75, 3.05) is 33.4 Å². The van der Waals surface area contributed by atoms with Crippen molar-refractivity contribution < 1.29 is 38.1 Å². The minimum absolute atomic E-state index is 0.203. The van der Waals surface area contributed by atoms with E-state index in [9.17, 15) is 14.4 Å². The number of esters is 1. The molecule has 1 rings (SSSR count). The molecule has 0 spiro atoms. The number of alkyl carbamates (subject to hydrolysis) is 2. The van der Waals surface area contributed by atoms with Crippen molar-refractivity contribution in [3.05, 3.63) is 23.8 Å².